The third kappa shape index (κ3) is 4.11. The van der Waals surface area contributed by atoms with Crippen molar-refractivity contribution in [1.82, 2.24) is 14.8 Å². The summed E-state index contributed by atoms with van der Waals surface area (Å²) in [6.45, 7) is 9.59. The van der Waals surface area contributed by atoms with Gasteiger partial charge in [0.1, 0.15) is 5.58 Å². The fraction of sp³-hybridized carbons (Fsp3) is 0.522. The van der Waals surface area contributed by atoms with Crippen LogP contribution in [0.1, 0.15) is 55.3 Å². The summed E-state index contributed by atoms with van der Waals surface area (Å²) in [7, 11) is 0. The average molecular weight is 441 g/mol. The zero-order valence-electron chi connectivity index (χ0n) is 18.3. The summed E-state index contributed by atoms with van der Waals surface area (Å²) in [5.41, 5.74) is 3.76. The first-order valence-electron chi connectivity index (χ1n) is 11.0. The van der Waals surface area contributed by atoms with Crippen molar-refractivity contribution in [2.24, 2.45) is 0 Å². The number of fused-ring (bicyclic) bond motifs is 1. The summed E-state index contributed by atoms with van der Waals surface area (Å²) in [4.78, 5) is 14.5. The van der Waals surface area contributed by atoms with Crippen molar-refractivity contribution in [2.45, 2.75) is 56.5 Å². The topological polar surface area (TPSA) is 73.4 Å². The van der Waals surface area contributed by atoms with Crippen LogP contribution in [0.4, 0.5) is 5.95 Å². The van der Waals surface area contributed by atoms with Crippen LogP contribution in [0.3, 0.4) is 0 Å². The molecule has 1 aliphatic heterocycles. The Balaban J connectivity index is 1.47. The second-order valence-corrected chi connectivity index (χ2v) is 9.66. The van der Waals surface area contributed by atoms with E-state index in [0.717, 1.165) is 66.8 Å². The van der Waals surface area contributed by atoms with Gasteiger partial charge in [0.25, 0.3) is 0 Å². The van der Waals surface area contributed by atoms with E-state index in [4.69, 9.17) is 9.15 Å². The van der Waals surface area contributed by atoms with E-state index in [-0.39, 0.29) is 5.63 Å². The number of anilines is 1. The van der Waals surface area contributed by atoms with Gasteiger partial charge in [-0.3, -0.25) is 4.57 Å². The minimum Gasteiger partial charge on any atom is -0.423 e. The van der Waals surface area contributed by atoms with Crippen LogP contribution in [0.2, 0.25) is 0 Å². The standard InChI is InChI=1S/C23H28N4O3S/c1-14(2)18-12-19-16(11-21(28)30-20(19)10-15(18)3)13-31-23-25-24-22(27(23)17-4-5-17)26-6-8-29-9-7-26/h10-12,14,17H,4-9,13H2,1-3H3. The molecule has 164 valence electrons. The number of morpholine rings is 1. The summed E-state index contributed by atoms with van der Waals surface area (Å²) in [5, 5.41) is 11.0. The summed E-state index contributed by atoms with van der Waals surface area (Å²) >= 11 is 1.65. The van der Waals surface area contributed by atoms with Gasteiger partial charge in [0.15, 0.2) is 5.16 Å². The van der Waals surface area contributed by atoms with E-state index in [1.807, 2.05) is 6.07 Å². The van der Waals surface area contributed by atoms with E-state index in [1.165, 1.54) is 5.56 Å². The molecule has 0 bridgehead atoms. The Bertz CT molecular complexity index is 1160. The van der Waals surface area contributed by atoms with Crippen LogP contribution >= 0.6 is 11.8 Å². The van der Waals surface area contributed by atoms with Crippen LogP contribution in [0, 0.1) is 6.92 Å². The van der Waals surface area contributed by atoms with E-state index < -0.39 is 0 Å². The highest BCUT2D eigenvalue weighted by atomic mass is 32.2. The zero-order chi connectivity index (χ0) is 21.5. The van der Waals surface area contributed by atoms with Crippen LogP contribution in [0.25, 0.3) is 11.0 Å². The molecule has 7 nitrogen and oxygen atoms in total. The number of hydrogen-bond acceptors (Lipinski definition) is 7. The van der Waals surface area contributed by atoms with Crippen molar-refractivity contribution >= 4 is 28.7 Å². The van der Waals surface area contributed by atoms with Crippen LogP contribution in [0.5, 0.6) is 0 Å². The fourth-order valence-corrected chi connectivity index (χ4v) is 5.27. The third-order valence-corrected chi connectivity index (χ3v) is 7.04. The van der Waals surface area contributed by atoms with Crippen molar-refractivity contribution in [3.05, 3.63) is 45.3 Å². The molecule has 0 amide bonds. The molecule has 0 spiro atoms. The molecular formula is C23H28N4O3S. The Labute approximate surface area is 185 Å². The van der Waals surface area contributed by atoms with Crippen LogP contribution in [-0.4, -0.2) is 41.1 Å². The normalized spacial score (nSPS) is 17.1. The summed E-state index contributed by atoms with van der Waals surface area (Å²) in [6, 6.07) is 6.26. The lowest BCUT2D eigenvalue weighted by molar-refractivity contribution is 0.121. The highest BCUT2D eigenvalue weighted by molar-refractivity contribution is 7.98. The Morgan fingerprint density at radius 3 is 2.65 bits per heavy atom. The molecule has 0 unspecified atom stereocenters. The highest BCUT2D eigenvalue weighted by Crippen LogP contribution is 2.42. The minimum atomic E-state index is -0.308. The van der Waals surface area contributed by atoms with Crippen LogP contribution in [0.15, 0.2) is 32.6 Å². The summed E-state index contributed by atoms with van der Waals surface area (Å²) < 4.78 is 13.3. The third-order valence-electron chi connectivity index (χ3n) is 6.05. The van der Waals surface area contributed by atoms with Gasteiger partial charge in [-0.15, -0.1) is 10.2 Å². The van der Waals surface area contributed by atoms with Gasteiger partial charge in [0, 0.05) is 36.3 Å². The lowest BCUT2D eigenvalue weighted by Gasteiger charge is -2.27. The number of aryl methyl sites for hydroxylation is 1. The molecule has 2 fully saturated rings. The number of hydrogen-bond donors (Lipinski definition) is 0. The van der Waals surface area contributed by atoms with Gasteiger partial charge < -0.3 is 14.1 Å². The maximum Gasteiger partial charge on any atom is 0.336 e. The number of benzene rings is 1. The molecule has 0 atom stereocenters. The first-order chi connectivity index (χ1) is 15.0. The van der Waals surface area contributed by atoms with E-state index in [1.54, 1.807) is 17.8 Å². The van der Waals surface area contributed by atoms with Crippen molar-refractivity contribution in [1.29, 1.82) is 0 Å². The van der Waals surface area contributed by atoms with Crippen molar-refractivity contribution < 1.29 is 9.15 Å². The van der Waals surface area contributed by atoms with E-state index in [0.29, 0.717) is 23.3 Å². The monoisotopic (exact) mass is 440 g/mol. The van der Waals surface area contributed by atoms with Gasteiger partial charge in [-0.05, 0) is 54.5 Å². The maximum absolute atomic E-state index is 12.2. The van der Waals surface area contributed by atoms with Gasteiger partial charge in [0.2, 0.25) is 5.95 Å². The maximum atomic E-state index is 12.2. The first-order valence-corrected chi connectivity index (χ1v) is 12.0. The first kappa shape index (κ1) is 20.6. The molecule has 0 radical (unpaired) electrons. The molecular weight excluding hydrogens is 412 g/mol. The number of rotatable bonds is 6. The van der Waals surface area contributed by atoms with Gasteiger partial charge in [-0.1, -0.05) is 25.6 Å². The molecule has 1 aromatic carbocycles. The molecule has 5 rings (SSSR count). The van der Waals surface area contributed by atoms with Gasteiger partial charge in [0.05, 0.1) is 13.2 Å². The van der Waals surface area contributed by atoms with E-state index >= 15 is 0 Å². The second kappa shape index (κ2) is 8.31. The average Bonchev–Trinajstić information content (AvgIpc) is 3.50. The predicted octanol–water partition coefficient (Wildman–Crippen LogP) is 4.28. The largest absolute Gasteiger partial charge is 0.423 e. The molecule has 8 heteroatoms. The van der Waals surface area contributed by atoms with Crippen LogP contribution in [-0.2, 0) is 10.5 Å². The Morgan fingerprint density at radius 2 is 1.94 bits per heavy atom. The second-order valence-electron chi connectivity index (χ2n) is 8.72. The molecule has 0 N–H and O–H groups in total. The molecule has 1 saturated carbocycles. The van der Waals surface area contributed by atoms with Crippen LogP contribution < -0.4 is 10.5 Å². The summed E-state index contributed by atoms with van der Waals surface area (Å²) in [5.74, 6) is 2.01. The molecule has 3 heterocycles. The summed E-state index contributed by atoms with van der Waals surface area (Å²) in [6.07, 6.45) is 2.33. The Kier molecular flexibility index (Phi) is 5.52. The molecule has 3 aromatic rings. The van der Waals surface area contributed by atoms with Gasteiger partial charge in [-0.2, -0.15) is 0 Å². The lowest BCUT2D eigenvalue weighted by Crippen LogP contribution is -2.38. The quantitative estimate of drug-likeness (QED) is 0.418. The molecule has 2 aliphatic rings. The molecule has 2 aromatic heterocycles. The smallest absolute Gasteiger partial charge is 0.336 e. The minimum absolute atomic E-state index is 0.308. The Hall–Kier alpha value is -2.32. The number of ether oxygens (including phenoxy) is 1. The number of nitrogens with zero attached hydrogens (tertiary/aromatic N) is 4. The predicted molar refractivity (Wildman–Crippen MR) is 122 cm³/mol. The Morgan fingerprint density at radius 1 is 1.16 bits per heavy atom. The van der Waals surface area contributed by atoms with Gasteiger partial charge >= 0.3 is 5.63 Å². The number of aromatic nitrogens is 3. The van der Waals surface area contributed by atoms with Crippen molar-refractivity contribution in [2.75, 3.05) is 31.2 Å². The SMILES string of the molecule is Cc1cc2oc(=O)cc(CSc3nnc(N4CCOCC4)n3C3CC3)c2cc1C(C)C. The van der Waals surface area contributed by atoms with E-state index in [2.05, 4.69) is 46.5 Å². The molecule has 1 aliphatic carbocycles. The fourth-order valence-electron chi connectivity index (χ4n) is 4.27. The highest BCUT2D eigenvalue weighted by Gasteiger charge is 2.32. The number of thioether (sulfide) groups is 1. The lowest BCUT2D eigenvalue weighted by atomic mass is 9.95. The van der Waals surface area contributed by atoms with Gasteiger partial charge in [-0.25, -0.2) is 4.79 Å². The van der Waals surface area contributed by atoms with Crippen molar-refractivity contribution in [3.63, 3.8) is 0 Å². The van der Waals surface area contributed by atoms with Crippen molar-refractivity contribution in [3.8, 4) is 0 Å². The van der Waals surface area contributed by atoms with E-state index in [9.17, 15) is 4.79 Å². The molecule has 1 saturated heterocycles. The molecule has 31 heavy (non-hydrogen) atoms. The zero-order valence-corrected chi connectivity index (χ0v) is 19.1.